The number of rotatable bonds is 4. The highest BCUT2D eigenvalue weighted by Crippen LogP contribution is 2.32. The Bertz CT molecular complexity index is 186. The van der Waals surface area contributed by atoms with E-state index in [1.807, 2.05) is 41.5 Å². The molecule has 0 saturated carbocycles. The van der Waals surface area contributed by atoms with Crippen molar-refractivity contribution >= 4 is 23.2 Å². The van der Waals surface area contributed by atoms with Gasteiger partial charge in [0.25, 0.3) is 0 Å². The number of hydrogen-bond acceptors (Lipinski definition) is 2. The Hall–Kier alpha value is 0.180. The average molecular weight is 239 g/mol. The summed E-state index contributed by atoms with van der Waals surface area (Å²) in [5, 5.41) is 8.21. The molecule has 0 N–H and O–H groups in total. The van der Waals surface area contributed by atoms with E-state index in [1.54, 1.807) is 0 Å². The van der Waals surface area contributed by atoms with E-state index in [4.69, 9.17) is 23.2 Å². The molecule has 0 aromatic heterocycles. The third kappa shape index (κ3) is 4.14. The summed E-state index contributed by atoms with van der Waals surface area (Å²) in [6, 6.07) is 0. The molecule has 0 saturated heterocycles. The van der Waals surface area contributed by atoms with Crippen molar-refractivity contribution in [3.63, 3.8) is 0 Å². The molecule has 0 amide bonds. The quantitative estimate of drug-likeness (QED) is 0.387. The van der Waals surface area contributed by atoms with Crippen LogP contribution in [0.5, 0.6) is 0 Å². The summed E-state index contributed by atoms with van der Waals surface area (Å²) in [6.07, 6.45) is 0. The Morgan fingerprint density at radius 2 is 1.00 bits per heavy atom. The van der Waals surface area contributed by atoms with E-state index < -0.39 is 10.00 Å². The van der Waals surface area contributed by atoms with Crippen LogP contribution in [-0.4, -0.2) is 10.00 Å². The molecule has 0 aliphatic rings. The van der Waals surface area contributed by atoms with Crippen molar-refractivity contribution in [2.24, 2.45) is 22.1 Å². The van der Waals surface area contributed by atoms with Gasteiger partial charge < -0.3 is 0 Å². The second kappa shape index (κ2) is 4.80. The summed E-state index contributed by atoms with van der Waals surface area (Å²) in [5.41, 5.74) is 0. The molecule has 0 aromatic rings. The van der Waals surface area contributed by atoms with Crippen molar-refractivity contribution in [1.82, 2.24) is 0 Å². The van der Waals surface area contributed by atoms with Crippen LogP contribution in [0.25, 0.3) is 0 Å². The van der Waals surface area contributed by atoms with Gasteiger partial charge in [0.15, 0.2) is 10.00 Å². The monoisotopic (exact) mass is 238 g/mol. The summed E-state index contributed by atoms with van der Waals surface area (Å²) in [6.45, 7) is 11.7. The standard InChI is InChI=1S/C10H20Cl2N2/c1-7(2)9(5,11)13-14-10(6,12)8(3)4/h7-8H,1-6H3. The zero-order valence-electron chi connectivity index (χ0n) is 9.81. The van der Waals surface area contributed by atoms with Gasteiger partial charge in [0.05, 0.1) is 0 Å². The Morgan fingerprint density at radius 1 is 0.786 bits per heavy atom. The van der Waals surface area contributed by atoms with Crippen molar-refractivity contribution in [3.05, 3.63) is 0 Å². The zero-order chi connectivity index (χ0) is 11.6. The average Bonchev–Trinajstić information content (AvgIpc) is 2.01. The molecule has 0 rings (SSSR count). The summed E-state index contributed by atoms with van der Waals surface area (Å²) in [5.74, 6) is 0.458. The number of hydrogen-bond donors (Lipinski definition) is 0. The summed E-state index contributed by atoms with van der Waals surface area (Å²) >= 11 is 12.3. The molecule has 0 bridgehead atoms. The fourth-order valence-electron chi connectivity index (χ4n) is 0.426. The SMILES string of the molecule is CC(C)C(C)(Cl)N=NC(C)(Cl)C(C)C. The van der Waals surface area contributed by atoms with E-state index in [0.29, 0.717) is 0 Å². The molecule has 84 valence electrons. The highest BCUT2D eigenvalue weighted by Gasteiger charge is 2.29. The molecule has 0 aliphatic heterocycles. The van der Waals surface area contributed by atoms with E-state index in [2.05, 4.69) is 10.2 Å². The predicted octanol–water partition coefficient (Wildman–Crippen LogP) is 4.66. The van der Waals surface area contributed by atoms with E-state index in [9.17, 15) is 0 Å². The van der Waals surface area contributed by atoms with Gasteiger partial charge in [-0.15, -0.1) is 0 Å². The van der Waals surface area contributed by atoms with Gasteiger partial charge >= 0.3 is 0 Å². The topological polar surface area (TPSA) is 24.7 Å². The van der Waals surface area contributed by atoms with Gasteiger partial charge in [0.1, 0.15) is 0 Å². The molecule has 4 heteroatoms. The lowest BCUT2D eigenvalue weighted by Crippen LogP contribution is -2.25. The minimum atomic E-state index is -0.662. The molecule has 0 heterocycles. The number of alkyl halides is 2. The Kier molecular flexibility index (Phi) is 4.86. The fraction of sp³-hybridized carbons (Fsp3) is 1.00. The largest absolute Gasteiger partial charge is 0.169 e. The number of nitrogens with zero attached hydrogens (tertiary/aromatic N) is 2. The van der Waals surface area contributed by atoms with E-state index in [-0.39, 0.29) is 11.8 Å². The van der Waals surface area contributed by atoms with Gasteiger partial charge in [0, 0.05) is 0 Å². The maximum absolute atomic E-state index is 6.16. The second-order valence-electron chi connectivity index (χ2n) is 4.56. The Morgan fingerprint density at radius 3 is 1.14 bits per heavy atom. The van der Waals surface area contributed by atoms with Gasteiger partial charge in [-0.2, -0.15) is 10.2 Å². The van der Waals surface area contributed by atoms with Crippen LogP contribution in [0, 0.1) is 11.8 Å². The van der Waals surface area contributed by atoms with Crippen LogP contribution in [0.2, 0.25) is 0 Å². The van der Waals surface area contributed by atoms with Crippen LogP contribution in [0.4, 0.5) is 0 Å². The molecule has 2 nitrogen and oxygen atoms in total. The Labute approximate surface area is 97.1 Å². The van der Waals surface area contributed by atoms with Crippen molar-refractivity contribution in [2.75, 3.05) is 0 Å². The number of azo groups is 1. The molecule has 0 spiro atoms. The van der Waals surface area contributed by atoms with E-state index in [0.717, 1.165) is 0 Å². The molecular formula is C10H20Cl2N2. The molecule has 14 heavy (non-hydrogen) atoms. The first-order valence-corrected chi connectivity index (χ1v) is 5.67. The molecular weight excluding hydrogens is 219 g/mol. The minimum absolute atomic E-state index is 0.229. The van der Waals surface area contributed by atoms with Gasteiger partial charge in [-0.3, -0.25) is 0 Å². The normalized spacial score (nSPS) is 21.6. The van der Waals surface area contributed by atoms with Gasteiger partial charge in [0.2, 0.25) is 0 Å². The summed E-state index contributed by atoms with van der Waals surface area (Å²) < 4.78 is 0. The molecule has 0 fully saturated rings. The first-order valence-electron chi connectivity index (χ1n) is 4.91. The van der Waals surface area contributed by atoms with Crippen molar-refractivity contribution < 1.29 is 0 Å². The van der Waals surface area contributed by atoms with Crippen LogP contribution in [0.15, 0.2) is 10.2 Å². The number of halogens is 2. The molecule has 2 unspecified atom stereocenters. The van der Waals surface area contributed by atoms with Crippen molar-refractivity contribution in [2.45, 2.75) is 51.5 Å². The van der Waals surface area contributed by atoms with Crippen molar-refractivity contribution in [1.29, 1.82) is 0 Å². The van der Waals surface area contributed by atoms with Gasteiger partial charge in [-0.25, -0.2) is 0 Å². The first-order chi connectivity index (χ1) is 6.09. The molecule has 0 radical (unpaired) electrons. The highest BCUT2D eigenvalue weighted by molar-refractivity contribution is 6.24. The van der Waals surface area contributed by atoms with Gasteiger partial charge in [-0.1, -0.05) is 50.9 Å². The van der Waals surface area contributed by atoms with Crippen LogP contribution >= 0.6 is 23.2 Å². The third-order valence-corrected chi connectivity index (χ3v) is 3.57. The van der Waals surface area contributed by atoms with Gasteiger partial charge in [-0.05, 0) is 25.7 Å². The lowest BCUT2D eigenvalue weighted by molar-refractivity contribution is 0.398. The molecule has 2 atom stereocenters. The van der Waals surface area contributed by atoms with E-state index in [1.165, 1.54) is 0 Å². The second-order valence-corrected chi connectivity index (χ2v) is 6.09. The summed E-state index contributed by atoms with van der Waals surface area (Å²) in [4.78, 5) is -1.32. The smallest absolute Gasteiger partial charge is 0.154 e. The van der Waals surface area contributed by atoms with Crippen LogP contribution in [0.1, 0.15) is 41.5 Å². The van der Waals surface area contributed by atoms with Crippen LogP contribution in [-0.2, 0) is 0 Å². The Balaban J connectivity index is 4.59. The maximum atomic E-state index is 6.16. The predicted molar refractivity (Wildman–Crippen MR) is 63.0 cm³/mol. The zero-order valence-corrected chi connectivity index (χ0v) is 11.3. The maximum Gasteiger partial charge on any atom is 0.154 e. The lowest BCUT2D eigenvalue weighted by Gasteiger charge is -2.24. The fourth-order valence-corrected chi connectivity index (χ4v) is 0.502. The lowest BCUT2D eigenvalue weighted by atomic mass is 10.1. The first kappa shape index (κ1) is 14.2. The molecule has 0 aliphatic carbocycles. The van der Waals surface area contributed by atoms with Crippen LogP contribution < -0.4 is 0 Å². The summed E-state index contributed by atoms with van der Waals surface area (Å²) in [7, 11) is 0. The minimum Gasteiger partial charge on any atom is -0.169 e. The highest BCUT2D eigenvalue weighted by atomic mass is 35.5. The van der Waals surface area contributed by atoms with Crippen molar-refractivity contribution in [3.8, 4) is 0 Å². The third-order valence-electron chi connectivity index (χ3n) is 2.55. The van der Waals surface area contributed by atoms with E-state index >= 15 is 0 Å². The van der Waals surface area contributed by atoms with Crippen LogP contribution in [0.3, 0.4) is 0 Å². The molecule has 0 aromatic carbocycles.